The molecule has 0 aliphatic rings. The number of nitrogens with zero attached hydrogens (tertiary/aromatic N) is 1. The second-order valence-corrected chi connectivity index (χ2v) is 5.42. The monoisotopic (exact) mass is 222 g/mol. The first kappa shape index (κ1) is 13.9. The fourth-order valence-corrected chi connectivity index (χ4v) is 2.02. The first-order valence-electron chi connectivity index (χ1n) is 5.18. The Morgan fingerprint density at radius 2 is 1.71 bits per heavy atom. The molecule has 0 aromatic heterocycles. The van der Waals surface area contributed by atoms with Gasteiger partial charge >= 0.3 is 0 Å². The van der Waals surface area contributed by atoms with E-state index in [0.717, 1.165) is 13.1 Å². The van der Waals surface area contributed by atoms with Gasteiger partial charge in [0.15, 0.2) is 0 Å². The van der Waals surface area contributed by atoms with Gasteiger partial charge in [-0.1, -0.05) is 13.8 Å². The molecule has 0 aliphatic heterocycles. The Hall–Kier alpha value is -0.130. The molecule has 0 heterocycles. The highest BCUT2D eigenvalue weighted by atomic mass is 32.2. The van der Waals surface area contributed by atoms with Crippen molar-refractivity contribution in [2.45, 2.75) is 33.7 Å². The molecular formula is C9H22N2O2S. The van der Waals surface area contributed by atoms with Crippen LogP contribution in [-0.4, -0.2) is 44.7 Å². The topological polar surface area (TPSA) is 49.4 Å². The maximum Gasteiger partial charge on any atom is 0.211 e. The van der Waals surface area contributed by atoms with Crippen molar-refractivity contribution < 1.29 is 8.42 Å². The molecule has 1 atom stereocenters. The number of hydrogen-bond donors (Lipinski definition) is 1. The predicted octanol–water partition coefficient (Wildman–Crippen LogP) is 0.656. The molecule has 0 spiro atoms. The van der Waals surface area contributed by atoms with Gasteiger partial charge in [-0.15, -0.1) is 0 Å². The van der Waals surface area contributed by atoms with Crippen LogP contribution in [0.2, 0.25) is 0 Å². The third kappa shape index (κ3) is 4.93. The fourth-order valence-electron chi connectivity index (χ4n) is 1.33. The van der Waals surface area contributed by atoms with Gasteiger partial charge in [-0.2, -0.15) is 0 Å². The Kier molecular flexibility index (Phi) is 6.31. The first-order chi connectivity index (χ1) is 6.46. The Bertz CT molecular complexity index is 235. The predicted molar refractivity (Wildman–Crippen MR) is 59.8 cm³/mol. The van der Waals surface area contributed by atoms with E-state index >= 15 is 0 Å². The number of hydrogen-bond acceptors (Lipinski definition) is 3. The van der Waals surface area contributed by atoms with E-state index in [-0.39, 0.29) is 11.8 Å². The maximum atomic E-state index is 11.2. The van der Waals surface area contributed by atoms with Gasteiger partial charge in [0.1, 0.15) is 0 Å². The van der Waals surface area contributed by atoms with Crippen LogP contribution in [0.1, 0.15) is 27.7 Å². The van der Waals surface area contributed by atoms with Crippen LogP contribution in [0.15, 0.2) is 0 Å². The Labute approximate surface area is 87.7 Å². The summed E-state index contributed by atoms with van der Waals surface area (Å²) in [5, 5.41) is 0. The van der Waals surface area contributed by atoms with Crippen LogP contribution in [0.5, 0.6) is 0 Å². The van der Waals surface area contributed by atoms with Crippen molar-refractivity contribution in [1.82, 2.24) is 9.62 Å². The lowest BCUT2D eigenvalue weighted by atomic mass is 10.3. The zero-order chi connectivity index (χ0) is 11.2. The van der Waals surface area contributed by atoms with E-state index in [2.05, 4.69) is 23.5 Å². The largest absolute Gasteiger partial charge is 0.300 e. The summed E-state index contributed by atoms with van der Waals surface area (Å²) in [6.45, 7) is 10.2. The van der Waals surface area contributed by atoms with Crippen LogP contribution in [0.4, 0.5) is 0 Å². The summed E-state index contributed by atoms with van der Waals surface area (Å²) in [5.74, 6) is 0.151. The Morgan fingerprint density at radius 3 is 2.07 bits per heavy atom. The quantitative estimate of drug-likeness (QED) is 0.688. The van der Waals surface area contributed by atoms with E-state index in [9.17, 15) is 8.42 Å². The number of sulfonamides is 1. The van der Waals surface area contributed by atoms with Crippen molar-refractivity contribution >= 4 is 10.0 Å². The third-order valence-corrected chi connectivity index (χ3v) is 3.78. The van der Waals surface area contributed by atoms with E-state index in [1.54, 1.807) is 6.92 Å². The van der Waals surface area contributed by atoms with Crippen molar-refractivity contribution in [3.05, 3.63) is 0 Å². The van der Waals surface area contributed by atoms with Crippen LogP contribution < -0.4 is 4.72 Å². The van der Waals surface area contributed by atoms with E-state index < -0.39 is 10.0 Å². The van der Waals surface area contributed by atoms with E-state index in [1.807, 2.05) is 6.92 Å². The van der Waals surface area contributed by atoms with E-state index in [1.165, 1.54) is 0 Å². The summed E-state index contributed by atoms with van der Waals surface area (Å²) in [4.78, 5) is 2.22. The standard InChI is InChI=1S/C9H22N2O2S/c1-5-11(6-2)9(4)8-10-14(12,13)7-3/h9-10H,5-8H2,1-4H3. The second kappa shape index (κ2) is 6.37. The minimum atomic E-state index is -3.04. The van der Waals surface area contributed by atoms with Gasteiger partial charge in [0, 0.05) is 12.6 Å². The summed E-state index contributed by atoms with van der Waals surface area (Å²) in [6, 6.07) is 0.256. The molecule has 0 aromatic carbocycles. The fraction of sp³-hybridized carbons (Fsp3) is 1.00. The lowest BCUT2D eigenvalue weighted by Gasteiger charge is -2.26. The minimum Gasteiger partial charge on any atom is -0.300 e. The highest BCUT2D eigenvalue weighted by Gasteiger charge is 2.13. The molecule has 0 radical (unpaired) electrons. The zero-order valence-corrected chi connectivity index (χ0v) is 10.4. The number of likely N-dealkylation sites (N-methyl/N-ethyl adjacent to an activating group) is 1. The molecular weight excluding hydrogens is 200 g/mol. The summed E-state index contributed by atoms with van der Waals surface area (Å²) < 4.78 is 24.9. The Balaban J connectivity index is 4.01. The summed E-state index contributed by atoms with van der Waals surface area (Å²) >= 11 is 0. The molecule has 0 fully saturated rings. The van der Waals surface area contributed by atoms with Crippen molar-refractivity contribution in [3.63, 3.8) is 0 Å². The lowest BCUT2D eigenvalue weighted by Crippen LogP contribution is -2.42. The van der Waals surface area contributed by atoms with Gasteiger partial charge < -0.3 is 0 Å². The SMILES string of the molecule is CCN(CC)C(C)CNS(=O)(=O)CC. The van der Waals surface area contributed by atoms with Gasteiger partial charge in [-0.3, -0.25) is 4.90 Å². The highest BCUT2D eigenvalue weighted by molar-refractivity contribution is 7.89. The molecule has 14 heavy (non-hydrogen) atoms. The van der Waals surface area contributed by atoms with E-state index in [0.29, 0.717) is 6.54 Å². The van der Waals surface area contributed by atoms with Crippen LogP contribution >= 0.6 is 0 Å². The molecule has 5 heteroatoms. The van der Waals surface area contributed by atoms with Crippen LogP contribution in [-0.2, 0) is 10.0 Å². The summed E-state index contributed by atoms with van der Waals surface area (Å²) in [5.41, 5.74) is 0. The molecule has 86 valence electrons. The van der Waals surface area contributed by atoms with Gasteiger partial charge in [0.25, 0.3) is 0 Å². The molecule has 4 nitrogen and oxygen atoms in total. The van der Waals surface area contributed by atoms with Crippen molar-refractivity contribution in [3.8, 4) is 0 Å². The zero-order valence-electron chi connectivity index (χ0n) is 9.58. The van der Waals surface area contributed by atoms with Gasteiger partial charge in [-0.05, 0) is 26.9 Å². The third-order valence-electron chi connectivity index (χ3n) is 2.41. The molecule has 0 aromatic rings. The first-order valence-corrected chi connectivity index (χ1v) is 6.83. The average Bonchev–Trinajstić information content (AvgIpc) is 2.17. The van der Waals surface area contributed by atoms with Crippen molar-refractivity contribution in [2.75, 3.05) is 25.4 Å². The lowest BCUT2D eigenvalue weighted by molar-refractivity contribution is 0.232. The molecule has 0 bridgehead atoms. The van der Waals surface area contributed by atoms with Crippen molar-refractivity contribution in [2.24, 2.45) is 0 Å². The molecule has 0 aliphatic carbocycles. The van der Waals surface area contributed by atoms with Gasteiger partial charge in [0.2, 0.25) is 10.0 Å². The van der Waals surface area contributed by atoms with Crippen LogP contribution in [0.3, 0.4) is 0 Å². The van der Waals surface area contributed by atoms with Crippen molar-refractivity contribution in [1.29, 1.82) is 0 Å². The van der Waals surface area contributed by atoms with Gasteiger partial charge in [-0.25, -0.2) is 13.1 Å². The smallest absolute Gasteiger partial charge is 0.211 e. The van der Waals surface area contributed by atoms with Crippen LogP contribution in [0, 0.1) is 0 Å². The molecule has 0 amide bonds. The highest BCUT2D eigenvalue weighted by Crippen LogP contribution is 1.97. The Morgan fingerprint density at radius 1 is 1.21 bits per heavy atom. The maximum absolute atomic E-state index is 11.2. The number of rotatable bonds is 7. The van der Waals surface area contributed by atoms with Crippen LogP contribution in [0.25, 0.3) is 0 Å². The summed E-state index contributed by atoms with van der Waals surface area (Å²) in [7, 11) is -3.04. The second-order valence-electron chi connectivity index (χ2n) is 3.32. The average molecular weight is 222 g/mol. The molecule has 1 unspecified atom stereocenters. The summed E-state index contributed by atoms with van der Waals surface area (Å²) in [6.07, 6.45) is 0. The van der Waals surface area contributed by atoms with E-state index in [4.69, 9.17) is 0 Å². The normalized spacial score (nSPS) is 14.6. The molecule has 1 N–H and O–H groups in total. The molecule has 0 rings (SSSR count). The molecule has 0 saturated heterocycles. The number of nitrogens with one attached hydrogen (secondary N) is 1. The molecule has 0 saturated carbocycles. The minimum absolute atomic E-state index is 0.151. The van der Waals surface area contributed by atoms with Gasteiger partial charge in [0.05, 0.1) is 5.75 Å².